The van der Waals surface area contributed by atoms with Crippen LogP contribution in [0.3, 0.4) is 0 Å². The number of hydrogen-bond acceptors (Lipinski definition) is 8. The molecular formula is C24H24N3O5S2-. The van der Waals surface area contributed by atoms with E-state index in [1.54, 1.807) is 18.0 Å². The smallest absolute Gasteiger partial charge is 0.305 e. The minimum absolute atomic E-state index is 0.000176. The monoisotopic (exact) mass is 498 g/mol. The van der Waals surface area contributed by atoms with Crippen molar-refractivity contribution in [1.29, 1.82) is 0 Å². The van der Waals surface area contributed by atoms with Gasteiger partial charge in [-0.2, -0.15) is 0 Å². The Kier molecular flexibility index (Phi) is 5.40. The summed E-state index contributed by atoms with van der Waals surface area (Å²) in [4.78, 5) is 59.4. The van der Waals surface area contributed by atoms with E-state index in [-0.39, 0.29) is 63.9 Å². The molecule has 0 unspecified atom stereocenters. The summed E-state index contributed by atoms with van der Waals surface area (Å²) in [5.41, 5.74) is 1.06. The molecule has 2 aromatic rings. The number of H-pyrrole nitrogens is 1. The minimum atomic E-state index is -1.07. The van der Waals surface area contributed by atoms with Gasteiger partial charge in [-0.1, -0.05) is 23.8 Å². The number of carboxylic acids is 1. The van der Waals surface area contributed by atoms with Crippen molar-refractivity contribution in [2.75, 3.05) is 6.54 Å². The number of rotatable bonds is 7. The maximum atomic E-state index is 13.5. The molecular weight excluding hydrogens is 474 g/mol. The molecule has 2 aromatic heterocycles. The number of nitrogens with one attached hydrogen (secondary N) is 1. The highest BCUT2D eigenvalue weighted by Gasteiger charge is 2.69. The molecule has 7 atom stereocenters. The summed E-state index contributed by atoms with van der Waals surface area (Å²) < 4.78 is 0. The fraction of sp³-hybridized carbons (Fsp3) is 0.542. The van der Waals surface area contributed by atoms with E-state index in [1.165, 1.54) is 16.2 Å². The van der Waals surface area contributed by atoms with Crippen molar-refractivity contribution in [3.63, 3.8) is 0 Å². The standard InChI is InChI=1S/C24H25N3O5S2/c28-14(29)6-2-1-3-8-27-22(30)17-12-9-13(18(17)23(27)31)19-16(12)15(11-5-4-7-25-10-11)20-21(33-19)26-24(32)34-20/h4-5,7,10,12-13,15-19H,1-3,6,8-9H2,(H,26,32)(H,28,29)/p-1/t12-,13-,15-,16-,17+,18+,19-/m0/s1. The number of pyridine rings is 1. The molecule has 0 radical (unpaired) electrons. The summed E-state index contributed by atoms with van der Waals surface area (Å²) in [6.45, 7) is 0.353. The lowest BCUT2D eigenvalue weighted by Gasteiger charge is -2.42. The third-order valence-electron chi connectivity index (χ3n) is 8.12. The first kappa shape index (κ1) is 22.0. The number of aromatic amines is 1. The molecule has 4 heterocycles. The predicted molar refractivity (Wildman–Crippen MR) is 123 cm³/mol. The molecule has 2 aliphatic heterocycles. The molecule has 4 aliphatic rings. The number of aromatic nitrogens is 2. The van der Waals surface area contributed by atoms with Crippen molar-refractivity contribution in [3.05, 3.63) is 44.6 Å². The van der Waals surface area contributed by atoms with Gasteiger partial charge in [-0.25, -0.2) is 0 Å². The van der Waals surface area contributed by atoms with Crippen LogP contribution in [0.4, 0.5) is 0 Å². The Morgan fingerprint density at radius 3 is 2.68 bits per heavy atom. The number of nitrogens with zero attached hydrogens (tertiary/aromatic N) is 2. The van der Waals surface area contributed by atoms with Crippen LogP contribution in [0.5, 0.6) is 0 Å². The number of likely N-dealkylation sites (tertiary alicyclic amines) is 1. The molecule has 2 amide bonds. The normalized spacial score (nSPS) is 33.2. The Morgan fingerprint density at radius 1 is 1.15 bits per heavy atom. The van der Waals surface area contributed by atoms with Crippen molar-refractivity contribution in [1.82, 2.24) is 14.9 Å². The highest BCUT2D eigenvalue weighted by atomic mass is 32.2. The summed E-state index contributed by atoms with van der Waals surface area (Å²) >= 11 is 2.93. The fourth-order valence-corrected chi connectivity index (χ4v) is 9.84. The second kappa shape index (κ2) is 8.34. The van der Waals surface area contributed by atoms with E-state index < -0.39 is 5.97 Å². The summed E-state index contributed by atoms with van der Waals surface area (Å²) in [5.74, 6) is -1.39. The van der Waals surface area contributed by atoms with E-state index in [4.69, 9.17) is 0 Å². The highest BCUT2D eigenvalue weighted by Crippen LogP contribution is 2.68. The van der Waals surface area contributed by atoms with Crippen molar-refractivity contribution in [3.8, 4) is 0 Å². The maximum absolute atomic E-state index is 13.5. The Labute approximate surface area is 204 Å². The van der Waals surface area contributed by atoms with Crippen LogP contribution in [0.1, 0.15) is 48.5 Å². The van der Waals surface area contributed by atoms with Gasteiger partial charge in [0, 0.05) is 41.0 Å². The molecule has 6 rings (SSSR count). The third kappa shape index (κ3) is 3.29. The first-order chi connectivity index (χ1) is 16.5. The fourth-order valence-electron chi connectivity index (χ4n) is 6.95. The number of unbranched alkanes of at least 4 members (excludes halogenated alkanes) is 2. The third-order valence-corrected chi connectivity index (χ3v) is 10.7. The van der Waals surface area contributed by atoms with E-state index in [2.05, 4.69) is 9.97 Å². The quantitative estimate of drug-likeness (QED) is 0.454. The van der Waals surface area contributed by atoms with E-state index in [1.807, 2.05) is 18.3 Å². The first-order valence-corrected chi connectivity index (χ1v) is 13.5. The van der Waals surface area contributed by atoms with Crippen LogP contribution in [-0.2, 0) is 14.4 Å². The zero-order chi connectivity index (χ0) is 23.6. The Bertz CT molecular complexity index is 1210. The molecule has 0 aromatic carbocycles. The second-order valence-electron chi connectivity index (χ2n) is 9.76. The molecule has 0 spiro atoms. The number of thiazole rings is 1. The van der Waals surface area contributed by atoms with Crippen LogP contribution in [0, 0.1) is 29.6 Å². The Morgan fingerprint density at radius 2 is 1.94 bits per heavy atom. The van der Waals surface area contributed by atoms with Gasteiger partial charge < -0.3 is 14.9 Å². The van der Waals surface area contributed by atoms with Crippen LogP contribution in [-0.4, -0.2) is 44.4 Å². The van der Waals surface area contributed by atoms with Crippen LogP contribution in [0.15, 0.2) is 34.3 Å². The molecule has 34 heavy (non-hydrogen) atoms. The van der Waals surface area contributed by atoms with Crippen LogP contribution in [0.2, 0.25) is 0 Å². The van der Waals surface area contributed by atoms with Gasteiger partial charge in [0.05, 0.1) is 16.9 Å². The number of thioether (sulfide) groups is 1. The van der Waals surface area contributed by atoms with E-state index in [0.29, 0.717) is 25.8 Å². The van der Waals surface area contributed by atoms with Gasteiger partial charge in [0.1, 0.15) is 0 Å². The lowest BCUT2D eigenvalue weighted by molar-refractivity contribution is -0.305. The largest absolute Gasteiger partial charge is 0.550 e. The molecule has 10 heteroatoms. The lowest BCUT2D eigenvalue weighted by Crippen LogP contribution is -2.42. The molecule has 1 N–H and O–H groups in total. The van der Waals surface area contributed by atoms with Gasteiger partial charge in [-0.3, -0.25) is 24.3 Å². The zero-order valence-corrected chi connectivity index (χ0v) is 20.0. The number of carbonyl (C=O) groups is 3. The number of carbonyl (C=O) groups excluding carboxylic acids is 3. The van der Waals surface area contributed by atoms with Crippen molar-refractivity contribution < 1.29 is 19.5 Å². The summed E-state index contributed by atoms with van der Waals surface area (Å²) in [7, 11) is 0. The minimum Gasteiger partial charge on any atom is -0.550 e. The second-order valence-corrected chi connectivity index (χ2v) is 12.0. The Hall–Kier alpha value is -2.46. The SMILES string of the molecule is O=C([O-])CCCCCN1C(=O)[C@@H]2[C@@H]3C[C@H]([C@H]2C1=O)[C@H]1[C@H](c2cccnc2)c2sc(=O)[nH]c2S[C@@H]31. The van der Waals surface area contributed by atoms with Crippen molar-refractivity contribution >= 4 is 40.9 Å². The van der Waals surface area contributed by atoms with Gasteiger partial charge in [0.25, 0.3) is 0 Å². The molecule has 2 bridgehead atoms. The van der Waals surface area contributed by atoms with Gasteiger partial charge in [0.2, 0.25) is 11.8 Å². The van der Waals surface area contributed by atoms with Gasteiger partial charge in [0.15, 0.2) is 0 Å². The number of fused-ring (bicyclic) bond motifs is 9. The molecule has 2 aliphatic carbocycles. The van der Waals surface area contributed by atoms with Crippen molar-refractivity contribution in [2.45, 2.75) is 48.3 Å². The number of carboxylic acid groups (broad SMARTS) is 1. The van der Waals surface area contributed by atoms with Gasteiger partial charge >= 0.3 is 4.87 Å². The maximum Gasteiger partial charge on any atom is 0.305 e. The summed E-state index contributed by atoms with van der Waals surface area (Å²) in [6, 6.07) is 3.95. The van der Waals surface area contributed by atoms with Crippen LogP contribution >= 0.6 is 23.1 Å². The predicted octanol–water partition coefficient (Wildman–Crippen LogP) is 1.61. The van der Waals surface area contributed by atoms with Crippen LogP contribution in [0.25, 0.3) is 0 Å². The number of hydrogen-bond donors (Lipinski definition) is 1. The van der Waals surface area contributed by atoms with Gasteiger partial charge in [-0.05, 0) is 55.1 Å². The van der Waals surface area contributed by atoms with E-state index >= 15 is 0 Å². The molecule has 3 fully saturated rings. The average Bonchev–Trinajstić information content (AvgIpc) is 3.54. The topological polar surface area (TPSA) is 123 Å². The van der Waals surface area contributed by atoms with Crippen LogP contribution < -0.4 is 9.98 Å². The van der Waals surface area contributed by atoms with E-state index in [9.17, 15) is 24.3 Å². The summed E-state index contributed by atoms with van der Waals surface area (Å²) in [5, 5.41) is 11.7. The number of imide groups is 1. The molecule has 2 saturated carbocycles. The Balaban J connectivity index is 1.28. The first-order valence-electron chi connectivity index (χ1n) is 11.8. The molecule has 1 saturated heterocycles. The lowest BCUT2D eigenvalue weighted by atomic mass is 9.68. The molecule has 8 nitrogen and oxygen atoms in total. The highest BCUT2D eigenvalue weighted by molar-refractivity contribution is 8.00. The summed E-state index contributed by atoms with van der Waals surface area (Å²) in [6.07, 6.45) is 6.20. The van der Waals surface area contributed by atoms with Gasteiger partial charge in [-0.15, -0.1) is 11.8 Å². The zero-order valence-electron chi connectivity index (χ0n) is 18.3. The van der Waals surface area contributed by atoms with E-state index in [0.717, 1.165) is 21.9 Å². The molecule has 178 valence electrons. The average molecular weight is 499 g/mol. The number of amides is 2. The van der Waals surface area contributed by atoms with Crippen molar-refractivity contribution in [2.24, 2.45) is 29.6 Å². The number of aliphatic carboxylic acids is 1.